The van der Waals surface area contributed by atoms with Gasteiger partial charge < -0.3 is 10.2 Å². The zero-order valence-corrected chi connectivity index (χ0v) is 10.5. The number of ether oxygens (including phenoxy) is 1. The number of halogens is 1. The number of aromatic nitrogens is 1. The molecule has 1 aromatic carbocycles. The van der Waals surface area contributed by atoms with Crippen molar-refractivity contribution in [3.63, 3.8) is 0 Å². The van der Waals surface area contributed by atoms with Crippen LogP contribution in [-0.2, 0) is 18.0 Å². The number of pyridine rings is 1. The number of benzene rings is 1. The van der Waals surface area contributed by atoms with E-state index in [0.29, 0.717) is 24.1 Å². The van der Waals surface area contributed by atoms with Crippen LogP contribution < -0.4 is 11.3 Å². The summed E-state index contributed by atoms with van der Waals surface area (Å²) in [4.78, 5) is 4.25. The van der Waals surface area contributed by atoms with E-state index in [1.165, 1.54) is 0 Å². The van der Waals surface area contributed by atoms with Crippen molar-refractivity contribution in [1.29, 1.82) is 0 Å². The molecule has 0 spiro atoms. The smallest absolute Gasteiger partial charge is 0.140 e. The molecule has 0 fully saturated rings. The van der Waals surface area contributed by atoms with E-state index in [1.54, 1.807) is 6.07 Å². The molecule has 2 aromatic rings. The zero-order chi connectivity index (χ0) is 12.8. The Balaban J connectivity index is 1.88. The molecule has 1 heterocycles. The molecule has 0 saturated heterocycles. The monoisotopic (exact) mass is 263 g/mol. The van der Waals surface area contributed by atoms with Crippen LogP contribution in [0.1, 0.15) is 11.3 Å². The first-order valence-electron chi connectivity index (χ1n) is 5.52. The molecule has 0 aliphatic heterocycles. The van der Waals surface area contributed by atoms with Gasteiger partial charge in [0.15, 0.2) is 0 Å². The van der Waals surface area contributed by atoms with E-state index in [1.807, 2.05) is 36.4 Å². The van der Waals surface area contributed by atoms with E-state index in [0.717, 1.165) is 11.3 Å². The number of anilines is 1. The molecule has 5 heteroatoms. The van der Waals surface area contributed by atoms with E-state index >= 15 is 0 Å². The summed E-state index contributed by atoms with van der Waals surface area (Å²) in [5, 5.41) is 0.712. The Kier molecular flexibility index (Phi) is 4.52. The molecule has 2 rings (SSSR count). The normalized spacial score (nSPS) is 10.3. The average molecular weight is 264 g/mol. The summed E-state index contributed by atoms with van der Waals surface area (Å²) in [6.45, 7) is 0.935. The minimum Gasteiger partial charge on any atom is -0.370 e. The third-order valence-electron chi connectivity index (χ3n) is 2.36. The number of hydrogen-bond acceptors (Lipinski definition) is 4. The maximum Gasteiger partial charge on any atom is 0.140 e. The topological polar surface area (TPSA) is 60.2 Å². The Labute approximate surface area is 111 Å². The summed E-state index contributed by atoms with van der Waals surface area (Å²) in [6, 6.07) is 13.1. The Morgan fingerprint density at radius 2 is 2.00 bits per heavy atom. The van der Waals surface area contributed by atoms with Gasteiger partial charge in [-0.15, -0.1) is 0 Å². The highest BCUT2D eigenvalue weighted by atomic mass is 35.5. The lowest BCUT2D eigenvalue weighted by atomic mass is 10.2. The van der Waals surface area contributed by atoms with Gasteiger partial charge in [0.25, 0.3) is 0 Å². The number of nitrogens with zero attached hydrogens (tertiary/aromatic N) is 1. The summed E-state index contributed by atoms with van der Waals surface area (Å²) in [7, 11) is 0. The van der Waals surface area contributed by atoms with Crippen LogP contribution in [-0.4, -0.2) is 4.98 Å². The molecular formula is C13H14ClN3O. The molecule has 0 bridgehead atoms. The van der Waals surface area contributed by atoms with Crippen LogP contribution in [0.5, 0.6) is 0 Å². The predicted molar refractivity (Wildman–Crippen MR) is 72.0 cm³/mol. The molecule has 0 saturated carbocycles. The van der Waals surface area contributed by atoms with Crippen molar-refractivity contribution >= 4 is 17.4 Å². The highest BCUT2D eigenvalue weighted by molar-refractivity contribution is 6.30. The molecule has 94 valence electrons. The quantitative estimate of drug-likeness (QED) is 0.643. The van der Waals surface area contributed by atoms with Crippen LogP contribution in [0.25, 0.3) is 0 Å². The lowest BCUT2D eigenvalue weighted by Gasteiger charge is -2.06. The maximum atomic E-state index is 5.89. The fraction of sp³-hybridized carbons (Fsp3) is 0.154. The van der Waals surface area contributed by atoms with Crippen LogP contribution in [0.3, 0.4) is 0 Å². The molecule has 0 atom stereocenters. The van der Waals surface area contributed by atoms with Gasteiger partial charge in [0, 0.05) is 5.02 Å². The Morgan fingerprint density at radius 1 is 1.17 bits per heavy atom. The number of nitrogen functional groups attached to an aromatic ring is 1. The summed E-state index contributed by atoms with van der Waals surface area (Å²) >= 11 is 5.89. The lowest BCUT2D eigenvalue weighted by Crippen LogP contribution is -2.09. The number of nitrogens with one attached hydrogen (secondary N) is 1. The van der Waals surface area contributed by atoms with Crippen LogP contribution in [0, 0.1) is 0 Å². The third kappa shape index (κ3) is 3.70. The minimum atomic E-state index is 0.433. The van der Waals surface area contributed by atoms with Gasteiger partial charge in [-0.3, -0.25) is 0 Å². The van der Waals surface area contributed by atoms with E-state index in [4.69, 9.17) is 22.2 Å². The first kappa shape index (κ1) is 12.8. The summed E-state index contributed by atoms with van der Waals surface area (Å²) in [5.74, 6) is 5.91. The predicted octanol–water partition coefficient (Wildman–Crippen LogP) is 2.74. The van der Waals surface area contributed by atoms with Gasteiger partial charge in [0.1, 0.15) is 5.82 Å². The van der Waals surface area contributed by atoms with Crippen molar-refractivity contribution in [1.82, 2.24) is 4.98 Å². The van der Waals surface area contributed by atoms with Gasteiger partial charge in [-0.1, -0.05) is 29.8 Å². The maximum absolute atomic E-state index is 5.89. The van der Waals surface area contributed by atoms with Crippen molar-refractivity contribution in [2.75, 3.05) is 5.43 Å². The molecule has 0 aliphatic carbocycles. The molecule has 0 aliphatic rings. The second kappa shape index (κ2) is 6.35. The molecule has 0 unspecified atom stereocenters. The van der Waals surface area contributed by atoms with Gasteiger partial charge >= 0.3 is 0 Å². The van der Waals surface area contributed by atoms with Gasteiger partial charge in [-0.2, -0.15) is 0 Å². The molecule has 1 aromatic heterocycles. The van der Waals surface area contributed by atoms with E-state index < -0.39 is 0 Å². The Bertz CT molecular complexity index is 519. The average Bonchev–Trinajstić information content (AvgIpc) is 2.39. The van der Waals surface area contributed by atoms with Crippen molar-refractivity contribution in [2.45, 2.75) is 13.2 Å². The first-order chi connectivity index (χ1) is 8.78. The lowest BCUT2D eigenvalue weighted by molar-refractivity contribution is 0.104. The highest BCUT2D eigenvalue weighted by Gasteiger charge is 1.98. The molecule has 4 nitrogen and oxygen atoms in total. The standard InChI is InChI=1S/C13H14ClN3O/c14-11-4-1-3-10(7-11)8-18-9-12-5-2-6-13(16-12)17-15/h1-7H,8-9,15H2,(H,16,17). The van der Waals surface area contributed by atoms with Gasteiger partial charge in [0.05, 0.1) is 18.9 Å². The number of rotatable bonds is 5. The Morgan fingerprint density at radius 3 is 2.78 bits per heavy atom. The largest absolute Gasteiger partial charge is 0.370 e. The zero-order valence-electron chi connectivity index (χ0n) is 9.77. The van der Waals surface area contributed by atoms with Crippen molar-refractivity contribution < 1.29 is 4.74 Å². The summed E-state index contributed by atoms with van der Waals surface area (Å²) in [6.07, 6.45) is 0. The van der Waals surface area contributed by atoms with E-state index in [2.05, 4.69) is 10.4 Å². The molecule has 0 amide bonds. The Hall–Kier alpha value is -1.62. The number of hydrazine groups is 1. The second-order valence-corrected chi connectivity index (χ2v) is 4.22. The summed E-state index contributed by atoms with van der Waals surface area (Å²) < 4.78 is 5.57. The first-order valence-corrected chi connectivity index (χ1v) is 5.90. The molecule has 18 heavy (non-hydrogen) atoms. The SMILES string of the molecule is NNc1cccc(COCc2cccc(Cl)c2)n1. The van der Waals surface area contributed by atoms with Crippen molar-refractivity contribution in [3.05, 3.63) is 58.7 Å². The molecule has 3 N–H and O–H groups in total. The van der Waals surface area contributed by atoms with Crippen LogP contribution in [0.2, 0.25) is 5.02 Å². The van der Waals surface area contributed by atoms with Crippen molar-refractivity contribution in [3.8, 4) is 0 Å². The van der Waals surface area contributed by atoms with Crippen LogP contribution in [0.15, 0.2) is 42.5 Å². The van der Waals surface area contributed by atoms with Gasteiger partial charge in [-0.25, -0.2) is 10.8 Å². The fourth-order valence-corrected chi connectivity index (χ4v) is 1.75. The minimum absolute atomic E-state index is 0.433. The van der Waals surface area contributed by atoms with Gasteiger partial charge in [-0.05, 0) is 29.8 Å². The highest BCUT2D eigenvalue weighted by Crippen LogP contribution is 2.12. The molecular weight excluding hydrogens is 250 g/mol. The van der Waals surface area contributed by atoms with Crippen LogP contribution >= 0.6 is 11.6 Å². The number of hydrogen-bond donors (Lipinski definition) is 2. The van der Waals surface area contributed by atoms with Crippen molar-refractivity contribution in [2.24, 2.45) is 5.84 Å². The van der Waals surface area contributed by atoms with E-state index in [-0.39, 0.29) is 0 Å². The second-order valence-electron chi connectivity index (χ2n) is 3.78. The van der Waals surface area contributed by atoms with E-state index in [9.17, 15) is 0 Å². The summed E-state index contributed by atoms with van der Waals surface area (Å²) in [5.41, 5.74) is 4.36. The third-order valence-corrected chi connectivity index (χ3v) is 2.60. The fourth-order valence-electron chi connectivity index (χ4n) is 1.54. The number of nitrogens with two attached hydrogens (primary N) is 1. The molecule has 0 radical (unpaired) electrons. The van der Waals surface area contributed by atoms with Gasteiger partial charge in [0.2, 0.25) is 0 Å². The van der Waals surface area contributed by atoms with Crippen LogP contribution in [0.4, 0.5) is 5.82 Å².